The molecule has 0 spiro atoms. The fraction of sp³-hybridized carbons (Fsp3) is 1.00. The van der Waals surface area contributed by atoms with Crippen molar-refractivity contribution in [2.75, 3.05) is 64.9 Å². The van der Waals surface area contributed by atoms with Gasteiger partial charge in [-0.15, -0.1) is 0 Å². The van der Waals surface area contributed by atoms with Crippen LogP contribution in [-0.2, 0) is 22.4 Å². The van der Waals surface area contributed by atoms with Gasteiger partial charge < -0.3 is 45.4 Å². The van der Waals surface area contributed by atoms with Gasteiger partial charge in [-0.2, -0.15) is 0 Å². The van der Waals surface area contributed by atoms with Gasteiger partial charge in [0.05, 0.1) is 36.8 Å². The maximum Gasteiger partial charge on any atom is 0.365 e. The summed E-state index contributed by atoms with van der Waals surface area (Å²) >= 11 is 0. The van der Waals surface area contributed by atoms with Gasteiger partial charge in [0, 0.05) is 38.5 Å². The van der Waals surface area contributed by atoms with E-state index in [1.165, 1.54) is 0 Å². The largest absolute Gasteiger partial charge is 0.411 e. The standard InChI is InChI=1S/C22H52N6O5Si2/c1-19(2,23)31-34(21(5,6)25,17-27-9-13-29-14-10-27)33-35(22(7,8)26,32-20(3,4)24)18-28-11-15-30-16-12-28/h9-18,23-26H2,1-8H3. The Balaban J connectivity index is 2.64. The Morgan fingerprint density at radius 1 is 0.600 bits per heavy atom. The van der Waals surface area contributed by atoms with E-state index in [4.69, 9.17) is 45.4 Å². The molecular weight excluding hydrogens is 484 g/mol. The second-order valence-corrected chi connectivity index (χ2v) is 19.7. The Bertz CT molecular complexity index is 611. The Labute approximate surface area is 214 Å². The van der Waals surface area contributed by atoms with E-state index >= 15 is 0 Å². The predicted octanol–water partition coefficient (Wildman–Crippen LogP) is -0.394. The van der Waals surface area contributed by atoms with Crippen LogP contribution >= 0.6 is 0 Å². The molecule has 0 amide bonds. The van der Waals surface area contributed by atoms with Crippen LogP contribution in [0.5, 0.6) is 0 Å². The Morgan fingerprint density at radius 3 is 1.11 bits per heavy atom. The average molecular weight is 537 g/mol. The van der Waals surface area contributed by atoms with Crippen LogP contribution in [0.4, 0.5) is 0 Å². The zero-order valence-electron chi connectivity index (χ0n) is 23.3. The number of nitrogens with two attached hydrogens (primary N) is 4. The Hall–Kier alpha value is -0.00623. The molecule has 0 radical (unpaired) electrons. The summed E-state index contributed by atoms with van der Waals surface area (Å²) in [5.74, 6) is 0. The summed E-state index contributed by atoms with van der Waals surface area (Å²) in [6, 6.07) is 0. The van der Waals surface area contributed by atoms with Crippen molar-refractivity contribution in [3.8, 4) is 0 Å². The third-order valence-electron chi connectivity index (χ3n) is 6.22. The second-order valence-electron chi connectivity index (χ2n) is 12.2. The van der Waals surface area contributed by atoms with Gasteiger partial charge >= 0.3 is 17.1 Å². The van der Waals surface area contributed by atoms with Crippen molar-refractivity contribution < 1.29 is 22.4 Å². The predicted molar refractivity (Wildman–Crippen MR) is 142 cm³/mol. The summed E-state index contributed by atoms with van der Waals surface area (Å²) in [7, 11) is -6.77. The zero-order valence-corrected chi connectivity index (χ0v) is 25.3. The molecule has 208 valence electrons. The van der Waals surface area contributed by atoms with E-state index in [9.17, 15) is 0 Å². The summed E-state index contributed by atoms with van der Waals surface area (Å²) in [5, 5.41) is -1.67. The lowest BCUT2D eigenvalue weighted by molar-refractivity contribution is 0.000485. The van der Waals surface area contributed by atoms with Crippen molar-refractivity contribution in [2.24, 2.45) is 22.9 Å². The number of morpholine rings is 2. The molecule has 2 rings (SSSR count). The summed E-state index contributed by atoms with van der Waals surface area (Å²) in [6.45, 7) is 20.8. The highest BCUT2D eigenvalue weighted by Crippen LogP contribution is 2.35. The lowest BCUT2D eigenvalue weighted by atomic mass is 10.4. The molecule has 0 aromatic carbocycles. The SMILES string of the molecule is CC(C)(N)O[Si](CN1CCOCC1)(O[Si](CN1CCOCC1)(OC(C)(C)N)C(C)(C)N)C(C)(C)N. The second kappa shape index (κ2) is 11.4. The quantitative estimate of drug-likeness (QED) is 0.190. The number of hydrogen-bond acceptors (Lipinski definition) is 11. The van der Waals surface area contributed by atoms with Crippen LogP contribution < -0.4 is 22.9 Å². The smallest absolute Gasteiger partial charge is 0.365 e. The zero-order chi connectivity index (χ0) is 26.8. The van der Waals surface area contributed by atoms with E-state index in [2.05, 4.69) is 9.80 Å². The van der Waals surface area contributed by atoms with Crippen molar-refractivity contribution in [2.45, 2.75) is 77.2 Å². The van der Waals surface area contributed by atoms with E-state index in [1.807, 2.05) is 55.4 Å². The molecule has 2 aliphatic heterocycles. The number of ether oxygens (including phenoxy) is 2. The van der Waals surface area contributed by atoms with E-state index in [1.54, 1.807) is 0 Å². The number of nitrogens with zero attached hydrogens (tertiary/aromatic N) is 2. The van der Waals surface area contributed by atoms with Gasteiger partial charge in [-0.3, -0.25) is 9.80 Å². The molecule has 2 saturated heterocycles. The minimum atomic E-state index is -3.38. The van der Waals surface area contributed by atoms with E-state index in [0.717, 1.165) is 26.2 Å². The van der Waals surface area contributed by atoms with Crippen molar-refractivity contribution in [3.05, 3.63) is 0 Å². The van der Waals surface area contributed by atoms with Gasteiger partial charge in [0.1, 0.15) is 11.4 Å². The van der Waals surface area contributed by atoms with Gasteiger partial charge in [0.15, 0.2) is 0 Å². The van der Waals surface area contributed by atoms with E-state index in [-0.39, 0.29) is 0 Å². The molecule has 2 unspecified atom stereocenters. The summed E-state index contributed by atoms with van der Waals surface area (Å²) < 4.78 is 32.0. The number of hydrogen-bond donors (Lipinski definition) is 4. The Morgan fingerprint density at radius 2 is 0.886 bits per heavy atom. The third-order valence-corrected chi connectivity index (χ3v) is 16.2. The number of rotatable bonds is 12. The van der Waals surface area contributed by atoms with Gasteiger partial charge in [0.25, 0.3) is 0 Å². The molecule has 8 N–H and O–H groups in total. The molecule has 2 fully saturated rings. The normalized spacial score (nSPS) is 23.7. The van der Waals surface area contributed by atoms with Crippen LogP contribution in [-0.4, -0.2) is 114 Å². The molecule has 0 bridgehead atoms. The Kier molecular flexibility index (Phi) is 10.2. The van der Waals surface area contributed by atoms with Gasteiger partial charge in [-0.25, -0.2) is 0 Å². The average Bonchev–Trinajstić information content (AvgIpc) is 2.65. The molecule has 0 aliphatic carbocycles. The highest BCUT2D eigenvalue weighted by Gasteiger charge is 2.64. The van der Waals surface area contributed by atoms with Crippen molar-refractivity contribution in [1.29, 1.82) is 0 Å². The van der Waals surface area contributed by atoms with Crippen molar-refractivity contribution in [3.63, 3.8) is 0 Å². The first-order valence-electron chi connectivity index (χ1n) is 12.6. The van der Waals surface area contributed by atoms with Crippen LogP contribution in [0.3, 0.4) is 0 Å². The first kappa shape index (κ1) is 31.2. The maximum absolute atomic E-state index is 7.37. The van der Waals surface area contributed by atoms with Gasteiger partial charge in [-0.1, -0.05) is 0 Å². The lowest BCUT2D eigenvalue weighted by Gasteiger charge is -2.55. The van der Waals surface area contributed by atoms with Crippen LogP contribution in [0.1, 0.15) is 55.4 Å². The van der Waals surface area contributed by atoms with Crippen LogP contribution in [0, 0.1) is 0 Å². The van der Waals surface area contributed by atoms with E-state index < -0.39 is 38.9 Å². The fourth-order valence-electron chi connectivity index (χ4n) is 4.33. The molecule has 2 aliphatic rings. The molecule has 13 heteroatoms. The van der Waals surface area contributed by atoms with Gasteiger partial charge in [0.2, 0.25) is 0 Å². The minimum absolute atomic E-state index is 0.517. The first-order chi connectivity index (χ1) is 15.8. The molecule has 2 heterocycles. The molecule has 0 aromatic heterocycles. The highest BCUT2D eigenvalue weighted by molar-refractivity contribution is 6.84. The first-order valence-corrected chi connectivity index (χ1v) is 16.7. The molecule has 0 saturated carbocycles. The lowest BCUT2D eigenvalue weighted by Crippen LogP contribution is -2.82. The minimum Gasteiger partial charge on any atom is -0.411 e. The van der Waals surface area contributed by atoms with Crippen LogP contribution in [0.25, 0.3) is 0 Å². The fourth-order valence-corrected chi connectivity index (χ4v) is 14.4. The summed E-state index contributed by atoms with van der Waals surface area (Å²) in [5.41, 5.74) is 24.9. The molecular formula is C22H52N6O5Si2. The highest BCUT2D eigenvalue weighted by atomic mass is 28.5. The summed E-state index contributed by atoms with van der Waals surface area (Å²) in [6.07, 6.45) is 1.03. The summed E-state index contributed by atoms with van der Waals surface area (Å²) in [4.78, 5) is 4.59. The molecule has 11 nitrogen and oxygen atoms in total. The topological polar surface area (TPSA) is 157 Å². The molecule has 35 heavy (non-hydrogen) atoms. The van der Waals surface area contributed by atoms with Crippen LogP contribution in [0.15, 0.2) is 0 Å². The van der Waals surface area contributed by atoms with Gasteiger partial charge in [-0.05, 0) is 55.4 Å². The van der Waals surface area contributed by atoms with E-state index in [0.29, 0.717) is 38.8 Å². The van der Waals surface area contributed by atoms with Crippen molar-refractivity contribution >= 4 is 17.1 Å². The van der Waals surface area contributed by atoms with Crippen molar-refractivity contribution in [1.82, 2.24) is 9.80 Å². The molecule has 0 aromatic rings. The maximum atomic E-state index is 7.37. The van der Waals surface area contributed by atoms with Crippen LogP contribution in [0.2, 0.25) is 0 Å². The monoisotopic (exact) mass is 536 g/mol. The third kappa shape index (κ3) is 9.05. The molecule has 2 atom stereocenters.